The Hall–Kier alpha value is -0.770. The molecule has 0 aliphatic heterocycles. The number of carboxylic acids is 1. The first-order valence-corrected chi connectivity index (χ1v) is 5.01. The van der Waals surface area contributed by atoms with Gasteiger partial charge in [0, 0.05) is 0 Å². The second-order valence-electron chi connectivity index (χ2n) is 3.36. The number of hydrogen-bond acceptors (Lipinski definition) is 2. The molecule has 0 aromatic rings. The van der Waals surface area contributed by atoms with Gasteiger partial charge in [0.25, 0.3) is 0 Å². The van der Waals surface area contributed by atoms with E-state index < -0.39 is 23.3 Å². The number of carbonyl (C=O) groups excluding carboxylic acids is 1. The van der Waals surface area contributed by atoms with E-state index in [1.54, 1.807) is 0 Å². The van der Waals surface area contributed by atoms with E-state index in [0.29, 0.717) is 0 Å². The topological polar surface area (TPSA) is 66.4 Å². The zero-order valence-electron chi connectivity index (χ0n) is 8.58. The Morgan fingerprint density at radius 2 is 1.93 bits per heavy atom. The Labute approximate surface area is 88.6 Å². The third kappa shape index (κ3) is 3.96. The lowest BCUT2D eigenvalue weighted by atomic mass is 10.0. The second kappa shape index (κ2) is 5.86. The Kier molecular flexibility index (Phi) is 5.53. The number of aliphatic carboxylic acids is 1. The Bertz CT molecular complexity index is 220. The molecule has 0 aliphatic rings. The fourth-order valence-electron chi connectivity index (χ4n) is 0.820. The van der Waals surface area contributed by atoms with Crippen molar-refractivity contribution in [1.29, 1.82) is 0 Å². The lowest BCUT2D eigenvalue weighted by Gasteiger charge is -2.17. The van der Waals surface area contributed by atoms with Crippen LogP contribution in [0.2, 0.25) is 0 Å². The van der Waals surface area contributed by atoms with Crippen LogP contribution in [0.25, 0.3) is 0 Å². The van der Waals surface area contributed by atoms with Crippen LogP contribution < -0.4 is 5.32 Å². The molecule has 0 radical (unpaired) electrons. The summed E-state index contributed by atoms with van der Waals surface area (Å²) in [6.45, 7) is 5.18. The number of carboxylic acid groups (broad SMARTS) is 1. The van der Waals surface area contributed by atoms with Crippen molar-refractivity contribution in [2.75, 3.05) is 0 Å². The van der Waals surface area contributed by atoms with Gasteiger partial charge in [0.05, 0.1) is 0 Å². The van der Waals surface area contributed by atoms with Crippen molar-refractivity contribution in [3.8, 4) is 0 Å². The van der Waals surface area contributed by atoms with Crippen LogP contribution in [0.1, 0.15) is 27.2 Å². The summed E-state index contributed by atoms with van der Waals surface area (Å²) in [7, 11) is 0. The zero-order chi connectivity index (χ0) is 11.3. The van der Waals surface area contributed by atoms with Gasteiger partial charge in [-0.2, -0.15) is 0 Å². The number of halogens is 1. The molecule has 82 valence electrons. The van der Waals surface area contributed by atoms with Gasteiger partial charge in [-0.1, -0.05) is 20.3 Å². The predicted molar refractivity (Wildman–Crippen MR) is 54.3 cm³/mol. The third-order valence-corrected chi connectivity index (χ3v) is 2.75. The van der Waals surface area contributed by atoms with E-state index >= 15 is 0 Å². The van der Waals surface area contributed by atoms with Crippen molar-refractivity contribution in [1.82, 2.24) is 5.32 Å². The molecule has 14 heavy (non-hydrogen) atoms. The molecule has 0 spiro atoms. The first-order chi connectivity index (χ1) is 6.40. The minimum Gasteiger partial charge on any atom is -0.480 e. The van der Waals surface area contributed by atoms with E-state index in [2.05, 4.69) is 5.32 Å². The highest BCUT2D eigenvalue weighted by atomic mass is 35.5. The Balaban J connectivity index is 4.14. The fraction of sp³-hybridized carbons (Fsp3) is 0.778. The molecule has 0 aromatic heterocycles. The van der Waals surface area contributed by atoms with Gasteiger partial charge in [-0.25, -0.2) is 0 Å². The molecule has 0 aliphatic carbocycles. The third-order valence-electron chi connectivity index (χ3n) is 2.12. The van der Waals surface area contributed by atoms with Crippen molar-refractivity contribution in [2.45, 2.75) is 38.6 Å². The number of nitrogens with one attached hydrogen (secondary N) is 1. The fourth-order valence-corrected chi connectivity index (χ4v) is 1.06. The molecular weight excluding hydrogens is 206 g/mol. The largest absolute Gasteiger partial charge is 0.480 e. The lowest BCUT2D eigenvalue weighted by Crippen LogP contribution is -2.43. The van der Waals surface area contributed by atoms with Crippen LogP contribution in [-0.2, 0) is 9.59 Å². The molecule has 5 heteroatoms. The maximum absolute atomic E-state index is 11.4. The van der Waals surface area contributed by atoms with Gasteiger partial charge in [0.15, 0.2) is 0 Å². The van der Waals surface area contributed by atoms with E-state index in [9.17, 15) is 9.59 Å². The monoisotopic (exact) mass is 221 g/mol. The normalized spacial score (nSPS) is 16.9. The molecular formula is C9H16ClNO3. The average Bonchev–Trinajstić information content (AvgIpc) is 2.14. The number of amides is 1. The summed E-state index contributed by atoms with van der Waals surface area (Å²) in [4.78, 5) is 21.8. The Morgan fingerprint density at radius 1 is 1.43 bits per heavy atom. The van der Waals surface area contributed by atoms with Crippen molar-refractivity contribution in [2.24, 2.45) is 5.92 Å². The molecule has 2 N–H and O–H groups in total. The summed E-state index contributed by atoms with van der Waals surface area (Å²) in [6, 6.07) is -0.896. The summed E-state index contributed by atoms with van der Waals surface area (Å²) in [5.74, 6) is -1.44. The molecule has 0 rings (SSSR count). The molecule has 0 saturated heterocycles. The molecule has 0 heterocycles. The second-order valence-corrected chi connectivity index (χ2v) is 3.83. The van der Waals surface area contributed by atoms with E-state index in [4.69, 9.17) is 16.7 Å². The number of carbonyl (C=O) groups is 2. The molecule has 4 nitrogen and oxygen atoms in total. The summed E-state index contributed by atoms with van der Waals surface area (Å²) in [5.41, 5.74) is 0. The van der Waals surface area contributed by atoms with Crippen molar-refractivity contribution in [3.63, 3.8) is 0 Å². The van der Waals surface area contributed by atoms with Gasteiger partial charge in [-0.15, -0.1) is 11.6 Å². The number of alkyl halides is 1. The average molecular weight is 222 g/mol. The zero-order valence-corrected chi connectivity index (χ0v) is 9.34. The van der Waals surface area contributed by atoms with Crippen molar-refractivity contribution < 1.29 is 14.7 Å². The highest BCUT2D eigenvalue weighted by Gasteiger charge is 2.24. The summed E-state index contributed by atoms with van der Waals surface area (Å²) in [6.07, 6.45) is 0.781. The van der Waals surface area contributed by atoms with Gasteiger partial charge in [0.2, 0.25) is 5.91 Å². The molecule has 0 aromatic carbocycles. The van der Waals surface area contributed by atoms with Crippen LogP contribution in [0, 0.1) is 5.92 Å². The molecule has 0 saturated carbocycles. The quantitative estimate of drug-likeness (QED) is 0.687. The van der Waals surface area contributed by atoms with E-state index in [0.717, 1.165) is 6.42 Å². The molecule has 3 atom stereocenters. The van der Waals surface area contributed by atoms with Crippen LogP contribution in [0.3, 0.4) is 0 Å². The first kappa shape index (κ1) is 13.2. The minimum atomic E-state index is -1.06. The maximum Gasteiger partial charge on any atom is 0.325 e. The van der Waals surface area contributed by atoms with Crippen molar-refractivity contribution >= 4 is 23.5 Å². The molecule has 0 fully saturated rings. The van der Waals surface area contributed by atoms with Crippen LogP contribution >= 0.6 is 11.6 Å². The van der Waals surface area contributed by atoms with Crippen LogP contribution in [-0.4, -0.2) is 28.4 Å². The van der Waals surface area contributed by atoms with E-state index in [1.165, 1.54) is 6.92 Å². The van der Waals surface area contributed by atoms with Gasteiger partial charge in [-0.05, 0) is 12.8 Å². The molecule has 1 amide bonds. The predicted octanol–water partition coefficient (Wildman–Crippen LogP) is 1.23. The lowest BCUT2D eigenvalue weighted by molar-refractivity contribution is -0.141. The van der Waals surface area contributed by atoms with Gasteiger partial charge in [-0.3, -0.25) is 9.59 Å². The summed E-state index contributed by atoms with van der Waals surface area (Å²) < 4.78 is 0. The molecule has 0 bridgehead atoms. The van der Waals surface area contributed by atoms with Crippen molar-refractivity contribution in [3.05, 3.63) is 0 Å². The van der Waals surface area contributed by atoms with Gasteiger partial charge in [0.1, 0.15) is 11.4 Å². The van der Waals surface area contributed by atoms with Gasteiger partial charge >= 0.3 is 5.97 Å². The number of rotatable bonds is 5. The smallest absolute Gasteiger partial charge is 0.325 e. The number of hydrogen-bond donors (Lipinski definition) is 2. The standard InChI is InChI=1S/C9H16ClNO3/c1-4-5(2)7(10)8(12)11-6(3)9(13)14/h5-7H,4H2,1-3H3,(H,11,12)(H,13,14). The minimum absolute atomic E-state index is 0.0395. The van der Waals surface area contributed by atoms with E-state index in [-0.39, 0.29) is 5.92 Å². The van der Waals surface area contributed by atoms with Crippen LogP contribution in [0.4, 0.5) is 0 Å². The SMILES string of the molecule is CCC(C)C(Cl)C(=O)NC(C)C(=O)O. The Morgan fingerprint density at radius 3 is 2.29 bits per heavy atom. The maximum atomic E-state index is 11.4. The first-order valence-electron chi connectivity index (χ1n) is 4.57. The van der Waals surface area contributed by atoms with E-state index in [1.807, 2.05) is 13.8 Å². The highest BCUT2D eigenvalue weighted by Crippen LogP contribution is 2.14. The van der Waals surface area contributed by atoms with Crippen LogP contribution in [0.15, 0.2) is 0 Å². The molecule has 3 unspecified atom stereocenters. The van der Waals surface area contributed by atoms with Gasteiger partial charge < -0.3 is 10.4 Å². The highest BCUT2D eigenvalue weighted by molar-refractivity contribution is 6.31. The summed E-state index contributed by atoms with van der Waals surface area (Å²) in [5, 5.41) is 10.2. The summed E-state index contributed by atoms with van der Waals surface area (Å²) >= 11 is 5.83. The van der Waals surface area contributed by atoms with Crippen LogP contribution in [0.5, 0.6) is 0 Å².